The largest absolute Gasteiger partial charge is 0.478 e. The summed E-state index contributed by atoms with van der Waals surface area (Å²) in [5, 5.41) is 22.0. The first-order chi connectivity index (χ1) is 9.10. The third-order valence-electron chi connectivity index (χ3n) is 2.53. The van der Waals surface area contributed by atoms with Crippen molar-refractivity contribution < 1.29 is 9.90 Å². The maximum atomic E-state index is 10.5. The molecular weight excluding hydrogens is 242 g/mol. The van der Waals surface area contributed by atoms with Crippen molar-refractivity contribution in [3.63, 3.8) is 0 Å². The zero-order valence-corrected chi connectivity index (χ0v) is 10.2. The Kier molecular flexibility index (Phi) is 3.44. The predicted octanol–water partition coefficient (Wildman–Crippen LogP) is 2.15. The molecule has 0 bridgehead atoms. The van der Waals surface area contributed by atoms with Gasteiger partial charge in [-0.25, -0.2) is 9.48 Å². The number of hydrogen-bond acceptors (Lipinski definition) is 3. The summed E-state index contributed by atoms with van der Waals surface area (Å²) in [6, 6.07) is 9.05. The molecule has 0 spiro atoms. The number of nitriles is 1. The summed E-state index contributed by atoms with van der Waals surface area (Å²) in [4.78, 5) is 10.5. The van der Waals surface area contributed by atoms with Crippen molar-refractivity contribution in [2.75, 3.05) is 0 Å². The first-order valence-electron chi connectivity index (χ1n) is 5.58. The van der Waals surface area contributed by atoms with Crippen LogP contribution in [0, 0.1) is 18.3 Å². The Labute approximate surface area is 110 Å². The Hall–Kier alpha value is -2.87. The van der Waals surface area contributed by atoms with Crippen molar-refractivity contribution in [1.82, 2.24) is 9.78 Å². The lowest BCUT2D eigenvalue weighted by Gasteiger charge is -2.05. The Morgan fingerprint density at radius 2 is 2.26 bits per heavy atom. The average molecular weight is 253 g/mol. The standard InChI is InChI=1S/C14H11N3O2/c1-10-6-7-17(16-10)13-4-2-11(3-5-14(18)19)8-12(13)9-15/h2-8H,1H3,(H,18,19)/b5-3+. The first-order valence-corrected chi connectivity index (χ1v) is 5.58. The summed E-state index contributed by atoms with van der Waals surface area (Å²) < 4.78 is 1.62. The highest BCUT2D eigenvalue weighted by Crippen LogP contribution is 2.16. The quantitative estimate of drug-likeness (QED) is 0.850. The summed E-state index contributed by atoms with van der Waals surface area (Å²) in [5.74, 6) is -1.02. The fraction of sp³-hybridized carbons (Fsp3) is 0.0714. The van der Waals surface area contributed by atoms with E-state index in [0.717, 1.165) is 11.8 Å². The van der Waals surface area contributed by atoms with Gasteiger partial charge in [-0.15, -0.1) is 0 Å². The van der Waals surface area contributed by atoms with Crippen molar-refractivity contribution in [2.24, 2.45) is 0 Å². The molecule has 0 fully saturated rings. The molecule has 0 amide bonds. The second-order valence-electron chi connectivity index (χ2n) is 3.96. The lowest BCUT2D eigenvalue weighted by atomic mass is 10.1. The predicted molar refractivity (Wildman–Crippen MR) is 69.7 cm³/mol. The third-order valence-corrected chi connectivity index (χ3v) is 2.53. The summed E-state index contributed by atoms with van der Waals surface area (Å²) >= 11 is 0. The number of nitrogens with zero attached hydrogens (tertiary/aromatic N) is 3. The number of benzene rings is 1. The molecule has 1 aromatic heterocycles. The molecule has 0 aliphatic heterocycles. The van der Waals surface area contributed by atoms with E-state index < -0.39 is 5.97 Å². The molecule has 0 aliphatic rings. The number of carboxylic acids is 1. The normalized spacial score (nSPS) is 10.5. The van der Waals surface area contributed by atoms with E-state index in [1.54, 1.807) is 29.1 Å². The molecule has 0 atom stereocenters. The van der Waals surface area contributed by atoms with Gasteiger partial charge < -0.3 is 5.11 Å². The molecule has 0 saturated carbocycles. The topological polar surface area (TPSA) is 78.9 Å². The lowest BCUT2D eigenvalue weighted by Crippen LogP contribution is -1.99. The van der Waals surface area contributed by atoms with Crippen LogP contribution in [0.4, 0.5) is 0 Å². The highest BCUT2D eigenvalue weighted by Gasteiger charge is 2.06. The number of carboxylic acid groups (broad SMARTS) is 1. The summed E-state index contributed by atoms with van der Waals surface area (Å²) in [7, 11) is 0. The zero-order chi connectivity index (χ0) is 13.8. The minimum absolute atomic E-state index is 0.440. The molecule has 19 heavy (non-hydrogen) atoms. The third kappa shape index (κ3) is 2.87. The van der Waals surface area contributed by atoms with Gasteiger partial charge in [0.15, 0.2) is 0 Å². The van der Waals surface area contributed by atoms with E-state index in [4.69, 9.17) is 10.4 Å². The molecule has 5 heteroatoms. The number of carbonyl (C=O) groups is 1. The van der Waals surface area contributed by atoms with Crippen LogP contribution in [-0.4, -0.2) is 20.9 Å². The van der Waals surface area contributed by atoms with Crippen LogP contribution in [0.3, 0.4) is 0 Å². The molecule has 1 N–H and O–H groups in total. The summed E-state index contributed by atoms with van der Waals surface area (Å²) in [5.41, 5.74) is 2.63. The smallest absolute Gasteiger partial charge is 0.328 e. The van der Waals surface area contributed by atoms with Crippen LogP contribution >= 0.6 is 0 Å². The van der Waals surface area contributed by atoms with Gasteiger partial charge in [-0.1, -0.05) is 6.07 Å². The van der Waals surface area contributed by atoms with Crippen molar-refractivity contribution in [3.05, 3.63) is 53.4 Å². The number of aryl methyl sites for hydroxylation is 1. The maximum Gasteiger partial charge on any atom is 0.328 e. The lowest BCUT2D eigenvalue weighted by molar-refractivity contribution is -0.131. The van der Waals surface area contributed by atoms with Crippen LogP contribution in [0.15, 0.2) is 36.5 Å². The molecule has 0 unspecified atom stereocenters. The van der Waals surface area contributed by atoms with E-state index in [1.165, 1.54) is 6.08 Å². The van der Waals surface area contributed by atoms with Crippen LogP contribution in [0.1, 0.15) is 16.8 Å². The fourth-order valence-corrected chi connectivity index (χ4v) is 1.66. The minimum atomic E-state index is -1.02. The molecule has 0 aliphatic carbocycles. The van der Waals surface area contributed by atoms with Crippen LogP contribution in [0.25, 0.3) is 11.8 Å². The van der Waals surface area contributed by atoms with Gasteiger partial charge in [-0.3, -0.25) is 0 Å². The highest BCUT2D eigenvalue weighted by molar-refractivity contribution is 5.85. The number of hydrogen-bond donors (Lipinski definition) is 1. The number of aromatic nitrogens is 2. The molecule has 2 aromatic rings. The van der Waals surface area contributed by atoms with E-state index >= 15 is 0 Å². The first kappa shape index (κ1) is 12.6. The molecule has 1 heterocycles. The Morgan fingerprint density at radius 1 is 1.47 bits per heavy atom. The zero-order valence-electron chi connectivity index (χ0n) is 10.2. The van der Waals surface area contributed by atoms with E-state index in [2.05, 4.69) is 11.2 Å². The molecule has 2 rings (SSSR count). The van der Waals surface area contributed by atoms with Gasteiger partial charge >= 0.3 is 5.97 Å². The average Bonchev–Trinajstić information content (AvgIpc) is 2.82. The van der Waals surface area contributed by atoms with Crippen molar-refractivity contribution >= 4 is 12.0 Å². The highest BCUT2D eigenvalue weighted by atomic mass is 16.4. The van der Waals surface area contributed by atoms with Crippen molar-refractivity contribution in [1.29, 1.82) is 5.26 Å². The van der Waals surface area contributed by atoms with E-state index in [-0.39, 0.29) is 0 Å². The van der Waals surface area contributed by atoms with Crippen molar-refractivity contribution in [2.45, 2.75) is 6.92 Å². The summed E-state index contributed by atoms with van der Waals surface area (Å²) in [6.07, 6.45) is 4.26. The van der Waals surface area contributed by atoms with E-state index in [0.29, 0.717) is 16.8 Å². The summed E-state index contributed by atoms with van der Waals surface area (Å²) in [6.45, 7) is 1.87. The van der Waals surface area contributed by atoms with E-state index in [1.807, 2.05) is 13.0 Å². The SMILES string of the molecule is Cc1ccn(-c2ccc(/C=C/C(=O)O)cc2C#N)n1. The van der Waals surface area contributed by atoms with Crippen LogP contribution in [0.2, 0.25) is 0 Å². The molecule has 1 aromatic carbocycles. The van der Waals surface area contributed by atoms with Gasteiger partial charge in [-0.05, 0) is 36.8 Å². The van der Waals surface area contributed by atoms with Gasteiger partial charge in [0.2, 0.25) is 0 Å². The Bertz CT molecular complexity index is 693. The van der Waals surface area contributed by atoms with Gasteiger partial charge in [0.1, 0.15) is 6.07 Å². The minimum Gasteiger partial charge on any atom is -0.478 e. The van der Waals surface area contributed by atoms with Crippen molar-refractivity contribution in [3.8, 4) is 11.8 Å². The number of rotatable bonds is 3. The Balaban J connectivity index is 2.43. The van der Waals surface area contributed by atoms with Gasteiger partial charge in [-0.2, -0.15) is 10.4 Å². The van der Waals surface area contributed by atoms with Crippen LogP contribution in [-0.2, 0) is 4.79 Å². The van der Waals surface area contributed by atoms with Gasteiger partial charge in [0.25, 0.3) is 0 Å². The fourth-order valence-electron chi connectivity index (χ4n) is 1.66. The molecular formula is C14H11N3O2. The van der Waals surface area contributed by atoms with Crippen LogP contribution in [0.5, 0.6) is 0 Å². The van der Waals surface area contributed by atoms with Crippen LogP contribution < -0.4 is 0 Å². The molecule has 94 valence electrons. The Morgan fingerprint density at radius 3 is 2.84 bits per heavy atom. The monoisotopic (exact) mass is 253 g/mol. The maximum absolute atomic E-state index is 10.5. The number of aliphatic carboxylic acids is 1. The second kappa shape index (κ2) is 5.19. The van der Waals surface area contributed by atoms with E-state index in [9.17, 15) is 4.79 Å². The van der Waals surface area contributed by atoms with Gasteiger partial charge in [0.05, 0.1) is 16.9 Å². The van der Waals surface area contributed by atoms with Gasteiger partial charge in [0, 0.05) is 12.3 Å². The molecule has 5 nitrogen and oxygen atoms in total. The molecule has 0 saturated heterocycles. The second-order valence-corrected chi connectivity index (χ2v) is 3.96. The molecule has 0 radical (unpaired) electrons.